The molecule has 2 unspecified atom stereocenters. The van der Waals surface area contributed by atoms with Crippen molar-refractivity contribution in [2.24, 2.45) is 4.99 Å². The smallest absolute Gasteiger partial charge is 0.325 e. The number of fused-ring (bicyclic) bond motifs is 2. The van der Waals surface area contributed by atoms with Gasteiger partial charge in [-0.25, -0.2) is 14.2 Å². The van der Waals surface area contributed by atoms with Gasteiger partial charge in [0.2, 0.25) is 0 Å². The third-order valence-electron chi connectivity index (χ3n) is 7.53. The van der Waals surface area contributed by atoms with E-state index in [4.69, 9.17) is 4.99 Å². The van der Waals surface area contributed by atoms with Crippen LogP contribution in [0, 0.1) is 5.82 Å². The van der Waals surface area contributed by atoms with Crippen LogP contribution in [-0.4, -0.2) is 82.9 Å². The number of carbonyl (C=O) groups is 2. The van der Waals surface area contributed by atoms with Crippen molar-refractivity contribution in [1.29, 1.82) is 0 Å². The van der Waals surface area contributed by atoms with Crippen LogP contribution in [0.1, 0.15) is 11.1 Å². The number of urea groups is 1. The third kappa shape index (κ3) is 4.40. The lowest BCUT2D eigenvalue weighted by molar-refractivity contribution is -0.127. The Hall–Kier alpha value is -3.98. The first-order chi connectivity index (χ1) is 18.0. The second-order valence-electron chi connectivity index (χ2n) is 9.85. The fraction of sp³-hybridized carbons (Fsp3) is 0.321. The quantitative estimate of drug-likeness (QED) is 0.597. The Bertz CT molecular complexity index is 1360. The maximum Gasteiger partial charge on any atom is 0.325 e. The first-order valence-electron chi connectivity index (χ1n) is 12.6. The van der Waals surface area contributed by atoms with Gasteiger partial charge >= 0.3 is 6.03 Å². The van der Waals surface area contributed by atoms with Crippen LogP contribution in [0.4, 0.5) is 9.18 Å². The maximum absolute atomic E-state index is 13.3. The molecular formula is C28H29FN6O2. The number of hydrogen-bond acceptors (Lipinski definition) is 6. The molecule has 2 saturated heterocycles. The lowest BCUT2D eigenvalue weighted by Crippen LogP contribution is -2.64. The van der Waals surface area contributed by atoms with Crippen LogP contribution < -0.4 is 5.32 Å². The lowest BCUT2D eigenvalue weighted by Gasteiger charge is -2.40. The van der Waals surface area contributed by atoms with E-state index in [1.807, 2.05) is 30.3 Å². The number of carbonyl (C=O) groups excluding carboxylic acids is 2. The molecule has 2 fully saturated rings. The molecule has 3 heterocycles. The predicted octanol–water partition coefficient (Wildman–Crippen LogP) is 2.84. The summed E-state index contributed by atoms with van der Waals surface area (Å²) in [5.41, 5.74) is 2.18. The first kappa shape index (κ1) is 23.4. The highest BCUT2D eigenvalue weighted by Crippen LogP contribution is 2.30. The number of halogens is 1. The first-order valence-corrected chi connectivity index (χ1v) is 12.6. The minimum atomic E-state index is -0.589. The molecule has 3 aromatic carbocycles. The van der Waals surface area contributed by atoms with E-state index in [0.29, 0.717) is 6.54 Å². The summed E-state index contributed by atoms with van der Waals surface area (Å²) in [6.07, 6.45) is -0.566. The summed E-state index contributed by atoms with van der Waals surface area (Å²) in [6, 6.07) is 20.1. The van der Waals surface area contributed by atoms with Crippen LogP contribution in [-0.2, 0) is 17.9 Å². The summed E-state index contributed by atoms with van der Waals surface area (Å²) in [7, 11) is 1.68. The van der Waals surface area contributed by atoms with Crippen molar-refractivity contribution in [2.75, 3.05) is 33.2 Å². The fourth-order valence-electron chi connectivity index (χ4n) is 5.51. The molecular weight excluding hydrogens is 471 g/mol. The maximum atomic E-state index is 13.3. The molecule has 2 atom stereocenters. The van der Waals surface area contributed by atoms with Crippen molar-refractivity contribution in [3.8, 4) is 0 Å². The summed E-state index contributed by atoms with van der Waals surface area (Å²) in [6.45, 7) is 4.37. The Balaban J connectivity index is 1.25. The highest BCUT2D eigenvalue weighted by molar-refractivity contribution is 6.03. The average Bonchev–Trinajstić information content (AvgIpc) is 3.29. The van der Waals surface area contributed by atoms with Gasteiger partial charge in [0.1, 0.15) is 5.82 Å². The van der Waals surface area contributed by atoms with E-state index in [-0.39, 0.29) is 11.7 Å². The standard InChI is InChI=1S/C28H29FN6O2/c1-32-25-24(26(36)31-28(32)37)35(18-21-7-4-6-20-5-2-3-8-23(20)21)27(30-25)34-15-13-33(14-16-34)17-19-9-11-22(29)12-10-19/h2-12,24-25H,13-18H2,1H3,(H,31,36,37). The second kappa shape index (κ2) is 9.48. The molecule has 0 spiro atoms. The van der Waals surface area contributed by atoms with Gasteiger partial charge in [0, 0.05) is 46.3 Å². The summed E-state index contributed by atoms with van der Waals surface area (Å²) < 4.78 is 13.3. The molecule has 3 aliphatic heterocycles. The van der Waals surface area contributed by atoms with E-state index < -0.39 is 18.2 Å². The Kier molecular flexibility index (Phi) is 6.00. The normalized spacial score (nSPS) is 22.3. The van der Waals surface area contributed by atoms with Crippen molar-refractivity contribution < 1.29 is 14.0 Å². The molecule has 3 amide bonds. The van der Waals surface area contributed by atoms with Crippen LogP contribution in [0.15, 0.2) is 71.7 Å². The minimum absolute atomic E-state index is 0.229. The topological polar surface area (TPSA) is 71.5 Å². The molecule has 0 aliphatic carbocycles. The molecule has 3 aromatic rings. The molecule has 0 radical (unpaired) electrons. The molecule has 6 rings (SSSR count). The lowest BCUT2D eigenvalue weighted by atomic mass is 10.0. The SMILES string of the molecule is CN1C(=O)NC(=O)C2C1N=C(N1CCN(Cc3ccc(F)cc3)CC1)N2Cc1cccc2ccccc12. The summed E-state index contributed by atoms with van der Waals surface area (Å²) in [4.78, 5) is 38.5. The molecule has 0 aromatic heterocycles. The van der Waals surface area contributed by atoms with Gasteiger partial charge in [-0.1, -0.05) is 54.6 Å². The molecule has 8 nitrogen and oxygen atoms in total. The third-order valence-corrected chi connectivity index (χ3v) is 7.53. The molecule has 190 valence electrons. The Morgan fingerprint density at radius 3 is 2.43 bits per heavy atom. The van der Waals surface area contributed by atoms with Gasteiger partial charge in [-0.05, 0) is 34.0 Å². The Labute approximate surface area is 215 Å². The number of rotatable bonds is 4. The van der Waals surface area contributed by atoms with Gasteiger partial charge < -0.3 is 14.7 Å². The van der Waals surface area contributed by atoms with Gasteiger partial charge in [0.05, 0.1) is 0 Å². The largest absolute Gasteiger partial charge is 0.340 e. The zero-order chi connectivity index (χ0) is 25.5. The number of aliphatic imine (C=N–C) groups is 1. The number of nitrogens with zero attached hydrogens (tertiary/aromatic N) is 5. The molecule has 37 heavy (non-hydrogen) atoms. The van der Waals surface area contributed by atoms with Crippen LogP contribution >= 0.6 is 0 Å². The number of hydrogen-bond donors (Lipinski definition) is 1. The molecule has 3 aliphatic rings. The van der Waals surface area contributed by atoms with E-state index in [1.54, 1.807) is 7.05 Å². The Morgan fingerprint density at radius 1 is 0.919 bits per heavy atom. The monoisotopic (exact) mass is 500 g/mol. The highest BCUT2D eigenvalue weighted by Gasteiger charge is 2.49. The van der Waals surface area contributed by atoms with Crippen molar-refractivity contribution in [2.45, 2.75) is 25.3 Å². The van der Waals surface area contributed by atoms with Gasteiger partial charge in [0.25, 0.3) is 5.91 Å². The summed E-state index contributed by atoms with van der Waals surface area (Å²) in [5.74, 6) is 0.205. The van der Waals surface area contributed by atoms with E-state index in [2.05, 4.69) is 44.3 Å². The van der Waals surface area contributed by atoms with E-state index in [9.17, 15) is 14.0 Å². The highest BCUT2D eigenvalue weighted by atomic mass is 19.1. The van der Waals surface area contributed by atoms with E-state index in [0.717, 1.165) is 60.6 Å². The van der Waals surface area contributed by atoms with Gasteiger partial charge in [0.15, 0.2) is 18.2 Å². The van der Waals surface area contributed by atoms with Crippen LogP contribution in [0.2, 0.25) is 0 Å². The Morgan fingerprint density at radius 2 is 1.65 bits per heavy atom. The number of likely N-dealkylation sites (N-methyl/N-ethyl adjacent to an activating group) is 1. The van der Waals surface area contributed by atoms with Gasteiger partial charge in [-0.15, -0.1) is 0 Å². The summed E-state index contributed by atoms with van der Waals surface area (Å²) in [5, 5.41) is 4.77. The number of imide groups is 1. The molecule has 9 heteroatoms. The van der Waals surface area contributed by atoms with E-state index in [1.165, 1.54) is 17.0 Å². The van der Waals surface area contributed by atoms with Crippen molar-refractivity contribution >= 4 is 28.7 Å². The minimum Gasteiger partial charge on any atom is -0.340 e. The average molecular weight is 501 g/mol. The second-order valence-corrected chi connectivity index (χ2v) is 9.85. The van der Waals surface area contributed by atoms with Crippen LogP contribution in [0.25, 0.3) is 10.8 Å². The summed E-state index contributed by atoms with van der Waals surface area (Å²) >= 11 is 0. The zero-order valence-electron chi connectivity index (χ0n) is 20.7. The van der Waals surface area contributed by atoms with Crippen molar-refractivity contribution in [1.82, 2.24) is 24.9 Å². The fourth-order valence-corrected chi connectivity index (χ4v) is 5.51. The predicted molar refractivity (Wildman–Crippen MR) is 139 cm³/mol. The molecule has 0 saturated carbocycles. The van der Waals surface area contributed by atoms with Crippen LogP contribution in [0.3, 0.4) is 0 Å². The zero-order valence-corrected chi connectivity index (χ0v) is 20.7. The number of amides is 3. The number of nitrogens with one attached hydrogen (secondary N) is 1. The van der Waals surface area contributed by atoms with Gasteiger partial charge in [-0.3, -0.25) is 15.0 Å². The van der Waals surface area contributed by atoms with Crippen molar-refractivity contribution in [3.05, 3.63) is 83.7 Å². The number of guanidine groups is 1. The van der Waals surface area contributed by atoms with Gasteiger partial charge in [-0.2, -0.15) is 0 Å². The molecule has 0 bridgehead atoms. The molecule has 1 N–H and O–H groups in total. The number of piperazine rings is 1. The van der Waals surface area contributed by atoms with E-state index >= 15 is 0 Å². The van der Waals surface area contributed by atoms with Crippen LogP contribution in [0.5, 0.6) is 0 Å². The van der Waals surface area contributed by atoms with Crippen molar-refractivity contribution in [3.63, 3.8) is 0 Å². The number of benzene rings is 3.